The second kappa shape index (κ2) is 9.21. The van der Waals surface area contributed by atoms with E-state index in [9.17, 15) is 18.0 Å². The number of rotatable bonds is 6. The van der Waals surface area contributed by atoms with Gasteiger partial charge in [0.1, 0.15) is 4.90 Å². The van der Waals surface area contributed by atoms with E-state index in [1.54, 1.807) is 24.3 Å². The molecule has 2 amide bonds. The second-order valence-electron chi connectivity index (χ2n) is 8.55. The molecule has 2 N–H and O–H groups in total. The molecule has 9 heteroatoms. The van der Waals surface area contributed by atoms with Crippen molar-refractivity contribution in [2.75, 3.05) is 23.7 Å². The summed E-state index contributed by atoms with van der Waals surface area (Å²) >= 11 is 6.22. The van der Waals surface area contributed by atoms with Crippen LogP contribution in [0, 0.1) is 11.8 Å². The number of anilines is 2. The number of hydrogen-bond donors (Lipinski definition) is 2. The van der Waals surface area contributed by atoms with Gasteiger partial charge in [-0.1, -0.05) is 24.6 Å². The predicted molar refractivity (Wildman–Crippen MR) is 124 cm³/mol. The lowest BCUT2D eigenvalue weighted by molar-refractivity contribution is -0.117. The molecule has 2 aromatic carbocycles. The number of sulfonamides is 1. The van der Waals surface area contributed by atoms with E-state index in [1.165, 1.54) is 22.5 Å². The Hall–Kier alpha value is -2.42. The summed E-state index contributed by atoms with van der Waals surface area (Å²) in [4.78, 5) is 24.7. The van der Waals surface area contributed by atoms with Crippen LogP contribution in [-0.2, 0) is 14.8 Å². The minimum atomic E-state index is -3.80. The Kier molecular flexibility index (Phi) is 6.55. The van der Waals surface area contributed by atoms with E-state index in [-0.39, 0.29) is 33.2 Å². The van der Waals surface area contributed by atoms with E-state index >= 15 is 0 Å². The first-order valence-electron chi connectivity index (χ1n) is 10.8. The second-order valence-corrected chi connectivity index (χ2v) is 10.9. The van der Waals surface area contributed by atoms with Crippen molar-refractivity contribution in [2.24, 2.45) is 11.8 Å². The number of nitrogens with one attached hydrogen (secondary N) is 2. The fraction of sp³-hybridized carbons (Fsp3) is 0.391. The van der Waals surface area contributed by atoms with Crippen LogP contribution in [0.1, 0.15) is 43.0 Å². The number of nitrogens with zero attached hydrogens (tertiary/aromatic N) is 1. The molecular weight excluding hydrogens is 450 g/mol. The molecule has 0 bridgehead atoms. The third-order valence-electron chi connectivity index (χ3n) is 5.77. The van der Waals surface area contributed by atoms with Crippen LogP contribution in [0.2, 0.25) is 5.02 Å². The van der Waals surface area contributed by atoms with Gasteiger partial charge in [-0.15, -0.1) is 0 Å². The number of halogens is 1. The molecule has 1 saturated carbocycles. The number of hydrogen-bond acceptors (Lipinski definition) is 4. The summed E-state index contributed by atoms with van der Waals surface area (Å²) in [6.45, 7) is 2.90. The standard InChI is InChI=1S/C23H26ClN3O4S/c1-15-4-3-11-27(14-15)32(30,31)21-12-17(9-10-20(21)24)23(29)26-19-6-2-5-18(13-19)25-22(28)16-7-8-16/h2,5-6,9-10,12-13,15-16H,3-4,7-8,11,14H2,1H3,(H,25,28)(H,26,29). The van der Waals surface area contributed by atoms with Gasteiger partial charge in [0, 0.05) is 35.9 Å². The largest absolute Gasteiger partial charge is 0.326 e. The molecule has 4 rings (SSSR count). The molecule has 1 aliphatic carbocycles. The Morgan fingerprint density at radius 1 is 1.03 bits per heavy atom. The molecule has 1 aliphatic heterocycles. The summed E-state index contributed by atoms with van der Waals surface area (Å²) in [6, 6.07) is 11.1. The summed E-state index contributed by atoms with van der Waals surface area (Å²) in [5.74, 6) is -0.133. The monoisotopic (exact) mass is 475 g/mol. The van der Waals surface area contributed by atoms with Crippen molar-refractivity contribution >= 4 is 44.8 Å². The Labute approximate surface area is 193 Å². The average molecular weight is 476 g/mol. The Morgan fingerprint density at radius 2 is 1.75 bits per heavy atom. The highest BCUT2D eigenvalue weighted by Gasteiger charge is 2.31. The van der Waals surface area contributed by atoms with Gasteiger partial charge < -0.3 is 10.6 Å². The summed E-state index contributed by atoms with van der Waals surface area (Å²) in [5, 5.41) is 5.69. The molecule has 0 aromatic heterocycles. The summed E-state index contributed by atoms with van der Waals surface area (Å²) in [5.41, 5.74) is 1.27. The molecule has 7 nitrogen and oxygen atoms in total. The van der Waals surface area contributed by atoms with Crippen LogP contribution < -0.4 is 10.6 Å². The van der Waals surface area contributed by atoms with Crippen molar-refractivity contribution in [1.29, 1.82) is 0 Å². The molecule has 2 fully saturated rings. The highest BCUT2D eigenvalue weighted by molar-refractivity contribution is 7.89. The molecular formula is C23H26ClN3O4S. The van der Waals surface area contributed by atoms with Crippen molar-refractivity contribution in [3.63, 3.8) is 0 Å². The zero-order valence-electron chi connectivity index (χ0n) is 17.8. The molecule has 2 aromatic rings. The van der Waals surface area contributed by atoms with E-state index in [0.717, 1.165) is 25.7 Å². The Bertz CT molecular complexity index is 1150. The maximum atomic E-state index is 13.2. The van der Waals surface area contributed by atoms with Gasteiger partial charge in [-0.2, -0.15) is 4.31 Å². The Morgan fingerprint density at radius 3 is 2.44 bits per heavy atom. The lowest BCUT2D eigenvalue weighted by atomic mass is 10.0. The maximum Gasteiger partial charge on any atom is 0.255 e. The number of carbonyl (C=O) groups is 2. The van der Waals surface area contributed by atoms with Crippen molar-refractivity contribution in [2.45, 2.75) is 37.5 Å². The maximum absolute atomic E-state index is 13.2. The summed E-state index contributed by atoms with van der Waals surface area (Å²) in [6.07, 6.45) is 3.59. The molecule has 1 heterocycles. The smallest absolute Gasteiger partial charge is 0.255 e. The molecule has 1 atom stereocenters. The zero-order valence-corrected chi connectivity index (χ0v) is 19.4. The fourth-order valence-corrected chi connectivity index (χ4v) is 5.91. The van der Waals surface area contributed by atoms with Gasteiger partial charge in [0.2, 0.25) is 15.9 Å². The van der Waals surface area contributed by atoms with Gasteiger partial charge in [0.05, 0.1) is 5.02 Å². The first kappa shape index (κ1) is 22.8. The van der Waals surface area contributed by atoms with Crippen LogP contribution in [-0.4, -0.2) is 37.6 Å². The average Bonchev–Trinajstić information content (AvgIpc) is 3.60. The van der Waals surface area contributed by atoms with Gasteiger partial charge in [-0.25, -0.2) is 8.42 Å². The first-order valence-corrected chi connectivity index (χ1v) is 12.6. The van der Waals surface area contributed by atoms with E-state index in [0.29, 0.717) is 24.5 Å². The summed E-state index contributed by atoms with van der Waals surface area (Å²) < 4.78 is 27.8. The summed E-state index contributed by atoms with van der Waals surface area (Å²) in [7, 11) is -3.80. The highest BCUT2D eigenvalue weighted by Crippen LogP contribution is 2.31. The zero-order chi connectivity index (χ0) is 22.9. The number of piperidine rings is 1. The third kappa shape index (κ3) is 5.14. The number of benzene rings is 2. The molecule has 0 spiro atoms. The van der Waals surface area contributed by atoms with Crippen molar-refractivity contribution in [3.05, 3.63) is 53.1 Å². The lowest BCUT2D eigenvalue weighted by Gasteiger charge is -2.30. The molecule has 32 heavy (non-hydrogen) atoms. The van der Waals surface area contributed by atoms with Crippen LogP contribution in [0.25, 0.3) is 0 Å². The lowest BCUT2D eigenvalue weighted by Crippen LogP contribution is -2.39. The van der Waals surface area contributed by atoms with Crippen LogP contribution in [0.4, 0.5) is 11.4 Å². The first-order chi connectivity index (χ1) is 15.2. The quantitative estimate of drug-likeness (QED) is 0.648. The van der Waals surface area contributed by atoms with Crippen molar-refractivity contribution in [1.82, 2.24) is 4.31 Å². The minimum Gasteiger partial charge on any atom is -0.326 e. The van der Waals surface area contributed by atoms with Crippen LogP contribution in [0.3, 0.4) is 0 Å². The molecule has 1 unspecified atom stereocenters. The van der Waals surface area contributed by atoms with Crippen molar-refractivity contribution in [3.8, 4) is 0 Å². The topological polar surface area (TPSA) is 95.6 Å². The molecule has 0 radical (unpaired) electrons. The molecule has 2 aliphatic rings. The van der Waals surface area contributed by atoms with Gasteiger partial charge in [-0.3, -0.25) is 9.59 Å². The van der Waals surface area contributed by atoms with E-state index in [2.05, 4.69) is 10.6 Å². The van der Waals surface area contributed by atoms with Crippen LogP contribution >= 0.6 is 11.6 Å². The van der Waals surface area contributed by atoms with E-state index in [4.69, 9.17) is 11.6 Å². The van der Waals surface area contributed by atoms with E-state index < -0.39 is 15.9 Å². The van der Waals surface area contributed by atoms with Gasteiger partial charge in [-0.05, 0) is 68.0 Å². The number of amides is 2. The normalized spacial score (nSPS) is 19.4. The van der Waals surface area contributed by atoms with E-state index in [1.807, 2.05) is 6.92 Å². The molecule has 1 saturated heterocycles. The third-order valence-corrected chi connectivity index (χ3v) is 8.11. The van der Waals surface area contributed by atoms with Crippen molar-refractivity contribution < 1.29 is 18.0 Å². The fourth-order valence-electron chi connectivity index (χ4n) is 3.81. The minimum absolute atomic E-state index is 0.0203. The van der Waals surface area contributed by atoms with Gasteiger partial charge in [0.15, 0.2) is 0 Å². The Balaban J connectivity index is 1.52. The molecule has 170 valence electrons. The SMILES string of the molecule is CC1CCCN(S(=O)(=O)c2cc(C(=O)Nc3cccc(NC(=O)C4CC4)c3)ccc2Cl)C1. The van der Waals surface area contributed by atoms with Gasteiger partial charge in [0.25, 0.3) is 5.91 Å². The highest BCUT2D eigenvalue weighted by atomic mass is 35.5. The number of carbonyl (C=O) groups excluding carboxylic acids is 2. The van der Waals surface area contributed by atoms with Gasteiger partial charge >= 0.3 is 0 Å². The van der Waals surface area contributed by atoms with Crippen LogP contribution in [0.5, 0.6) is 0 Å². The predicted octanol–water partition coefficient (Wildman–Crippen LogP) is 4.36. The van der Waals surface area contributed by atoms with Crippen LogP contribution in [0.15, 0.2) is 47.4 Å².